The van der Waals surface area contributed by atoms with Crippen LogP contribution in [0.4, 0.5) is 0 Å². The van der Waals surface area contributed by atoms with Crippen LogP contribution in [0.25, 0.3) is 5.32 Å². The van der Waals surface area contributed by atoms with Crippen molar-refractivity contribution < 1.29 is 37.5 Å². The summed E-state index contributed by atoms with van der Waals surface area (Å²) in [6.45, 7) is 10.3. The molecule has 0 unspecified atom stereocenters. The van der Waals surface area contributed by atoms with E-state index in [1.54, 1.807) is 6.92 Å². The van der Waals surface area contributed by atoms with Crippen LogP contribution in [0, 0.1) is 0 Å². The average molecular weight is 344 g/mol. The van der Waals surface area contributed by atoms with Crippen LogP contribution < -0.4 is 5.32 Å². The second-order valence-corrected chi connectivity index (χ2v) is 4.91. The van der Waals surface area contributed by atoms with Crippen molar-refractivity contribution in [2.75, 3.05) is 59.4 Å². The largest absolute Gasteiger partial charge is 0.665 e. The Balaban J connectivity index is 0.00000324. The minimum atomic E-state index is 0. The molecular weight excluding hydrogens is 317 g/mol. The molecule has 1 fully saturated rings. The maximum atomic E-state index is 10.7. The molecule has 1 heterocycles. The third-order valence-electron chi connectivity index (χ3n) is 3.35. The molecule has 19 heavy (non-hydrogen) atoms. The molecule has 6 heteroatoms. The first-order valence-corrected chi connectivity index (χ1v) is 6.97. The molecular formula is C13H27N4OY-. The molecule has 5 nitrogen and oxygen atoms in total. The van der Waals surface area contributed by atoms with E-state index in [-0.39, 0.29) is 38.6 Å². The number of carbonyl (C=O) groups excluding carboxylic acids is 1. The summed E-state index contributed by atoms with van der Waals surface area (Å²) in [4.78, 5) is 15.7. The number of hydrogen-bond donors (Lipinski definition) is 1. The van der Waals surface area contributed by atoms with Gasteiger partial charge in [-0.2, -0.15) is 7.05 Å². The molecule has 1 rings (SSSR count). The van der Waals surface area contributed by atoms with Gasteiger partial charge in [-0.1, -0.05) is 6.42 Å². The van der Waals surface area contributed by atoms with Crippen molar-refractivity contribution in [3.05, 3.63) is 5.32 Å². The summed E-state index contributed by atoms with van der Waals surface area (Å²) < 4.78 is 0. The molecule has 1 aliphatic rings. The zero-order valence-electron chi connectivity index (χ0n) is 12.4. The third-order valence-corrected chi connectivity index (χ3v) is 3.35. The summed E-state index contributed by atoms with van der Waals surface area (Å²) in [7, 11) is 1.88. The van der Waals surface area contributed by atoms with E-state index in [0.29, 0.717) is 0 Å². The fourth-order valence-electron chi connectivity index (χ4n) is 2.26. The van der Waals surface area contributed by atoms with Gasteiger partial charge < -0.3 is 20.4 Å². The van der Waals surface area contributed by atoms with Crippen molar-refractivity contribution >= 4 is 5.91 Å². The van der Waals surface area contributed by atoms with E-state index >= 15 is 0 Å². The summed E-state index contributed by atoms with van der Waals surface area (Å²) >= 11 is 0. The fourth-order valence-corrected chi connectivity index (χ4v) is 2.26. The number of rotatable bonds is 8. The molecule has 1 N–H and O–H groups in total. The minimum Gasteiger partial charge on any atom is -0.665 e. The van der Waals surface area contributed by atoms with Crippen LogP contribution in [0.1, 0.15) is 19.8 Å². The Kier molecular flexibility index (Phi) is 12.5. The number of carbonyl (C=O) groups is 1. The molecule has 1 aliphatic heterocycles. The Morgan fingerprint density at radius 2 is 1.63 bits per heavy atom. The molecule has 1 amide bonds. The van der Waals surface area contributed by atoms with Gasteiger partial charge in [-0.15, -0.1) is 6.54 Å². The van der Waals surface area contributed by atoms with Gasteiger partial charge in [0.05, 0.1) is 0 Å². The molecule has 0 aromatic rings. The number of piperazine rings is 1. The second-order valence-electron chi connectivity index (χ2n) is 4.91. The maximum absolute atomic E-state index is 10.7. The number of nitrogens with zero attached hydrogens (tertiary/aromatic N) is 3. The number of nitrogens with one attached hydrogen (secondary N) is 1. The van der Waals surface area contributed by atoms with Crippen LogP contribution in [0.15, 0.2) is 0 Å². The van der Waals surface area contributed by atoms with Gasteiger partial charge in [0.1, 0.15) is 0 Å². The summed E-state index contributed by atoms with van der Waals surface area (Å²) in [6, 6.07) is 0. The molecule has 0 aromatic carbocycles. The predicted molar refractivity (Wildman–Crippen MR) is 74.9 cm³/mol. The van der Waals surface area contributed by atoms with E-state index in [0.717, 1.165) is 39.1 Å². The normalized spacial score (nSPS) is 16.9. The predicted octanol–water partition coefficient (Wildman–Crippen LogP) is 0.521. The topological polar surface area (TPSA) is 49.7 Å². The minimum absolute atomic E-state index is 0. The average Bonchev–Trinajstić information content (AvgIpc) is 2.36. The zero-order chi connectivity index (χ0) is 13.2. The van der Waals surface area contributed by atoms with E-state index in [1.165, 1.54) is 26.1 Å². The fraction of sp³-hybridized carbons (Fsp3) is 0.923. The first-order chi connectivity index (χ1) is 8.72. The van der Waals surface area contributed by atoms with E-state index in [1.807, 2.05) is 7.05 Å². The molecule has 1 saturated heterocycles. The quantitative estimate of drug-likeness (QED) is 0.654. The van der Waals surface area contributed by atoms with Crippen molar-refractivity contribution in [2.24, 2.45) is 0 Å². The van der Waals surface area contributed by atoms with Crippen molar-refractivity contribution in [1.29, 1.82) is 0 Å². The van der Waals surface area contributed by atoms with Crippen molar-refractivity contribution in [2.45, 2.75) is 19.8 Å². The van der Waals surface area contributed by atoms with Gasteiger partial charge in [-0.05, 0) is 19.5 Å². The Labute approximate surface area is 142 Å². The molecule has 0 aliphatic carbocycles. The SMILES string of the molecule is C[N-]CCCN1CCN(CCCNC(C)=O)CC1.[Y]. The van der Waals surface area contributed by atoms with Gasteiger partial charge >= 0.3 is 0 Å². The Morgan fingerprint density at radius 3 is 2.11 bits per heavy atom. The Hall–Kier alpha value is 0.454. The van der Waals surface area contributed by atoms with Crippen LogP contribution in [0.5, 0.6) is 0 Å². The van der Waals surface area contributed by atoms with Crippen molar-refractivity contribution in [3.8, 4) is 0 Å². The molecule has 1 radical (unpaired) electrons. The zero-order valence-corrected chi connectivity index (χ0v) is 15.2. The molecule has 0 saturated carbocycles. The molecule has 0 bridgehead atoms. The van der Waals surface area contributed by atoms with Crippen LogP contribution >= 0.6 is 0 Å². The molecule has 109 valence electrons. The first-order valence-electron chi connectivity index (χ1n) is 6.97. The summed E-state index contributed by atoms with van der Waals surface area (Å²) in [5.74, 6) is 0.0705. The summed E-state index contributed by atoms with van der Waals surface area (Å²) in [5, 5.41) is 6.97. The van der Waals surface area contributed by atoms with Gasteiger partial charge in [0.25, 0.3) is 0 Å². The van der Waals surface area contributed by atoms with Gasteiger partial charge in [-0.3, -0.25) is 4.79 Å². The van der Waals surface area contributed by atoms with E-state index in [2.05, 4.69) is 20.4 Å². The molecule has 0 aromatic heterocycles. The van der Waals surface area contributed by atoms with Gasteiger partial charge in [0.15, 0.2) is 0 Å². The number of hydrogen-bond acceptors (Lipinski definition) is 3. The Morgan fingerprint density at radius 1 is 1.11 bits per heavy atom. The monoisotopic (exact) mass is 344 g/mol. The van der Waals surface area contributed by atoms with Crippen LogP contribution in [0.3, 0.4) is 0 Å². The molecule has 0 spiro atoms. The van der Waals surface area contributed by atoms with Gasteiger partial charge in [0.2, 0.25) is 5.91 Å². The Bertz CT molecular complexity index is 233. The number of amides is 1. The smallest absolute Gasteiger partial charge is 0.216 e. The summed E-state index contributed by atoms with van der Waals surface area (Å²) in [5.41, 5.74) is 0. The van der Waals surface area contributed by atoms with Crippen LogP contribution in [-0.2, 0) is 37.5 Å². The second kappa shape index (κ2) is 12.2. The first kappa shape index (κ1) is 19.5. The van der Waals surface area contributed by atoms with Crippen LogP contribution in [0.2, 0.25) is 0 Å². The van der Waals surface area contributed by atoms with Crippen molar-refractivity contribution in [3.63, 3.8) is 0 Å². The van der Waals surface area contributed by atoms with Gasteiger partial charge in [-0.25, -0.2) is 0 Å². The van der Waals surface area contributed by atoms with Crippen LogP contribution in [-0.4, -0.2) is 75.1 Å². The summed E-state index contributed by atoms with van der Waals surface area (Å²) in [6.07, 6.45) is 2.23. The van der Waals surface area contributed by atoms with E-state index < -0.39 is 0 Å². The van der Waals surface area contributed by atoms with E-state index in [4.69, 9.17) is 0 Å². The van der Waals surface area contributed by atoms with Gasteiger partial charge in [0, 0.05) is 72.4 Å². The van der Waals surface area contributed by atoms with E-state index in [9.17, 15) is 4.79 Å². The molecule has 0 atom stereocenters. The van der Waals surface area contributed by atoms with Crippen molar-refractivity contribution in [1.82, 2.24) is 15.1 Å². The third kappa shape index (κ3) is 9.91. The maximum Gasteiger partial charge on any atom is 0.216 e. The standard InChI is InChI=1S/C13H27N4O.Y/c1-13(18)15-6-4-8-17-11-9-16(10-12-17)7-3-5-14-2;/h3-12H2,1-2H3,(H,15,18);/q-1;.